The predicted octanol–water partition coefficient (Wildman–Crippen LogP) is 2.03. The smallest absolute Gasteiger partial charge is 0.153 e. The van der Waals surface area contributed by atoms with E-state index < -0.39 is 6.04 Å². The topological polar surface area (TPSA) is 68.8 Å². The van der Waals surface area contributed by atoms with Crippen LogP contribution in [-0.4, -0.2) is 15.0 Å². The molecule has 3 N–H and O–H groups in total. The molecule has 0 saturated heterocycles. The normalized spacial score (nSPS) is 12.7. The van der Waals surface area contributed by atoms with Gasteiger partial charge in [0.25, 0.3) is 0 Å². The fourth-order valence-corrected chi connectivity index (χ4v) is 2.75. The van der Waals surface area contributed by atoms with Gasteiger partial charge in [-0.1, -0.05) is 17.3 Å². The number of hydrogen-bond acceptors (Lipinski definition) is 4. The zero-order valence-electron chi connectivity index (χ0n) is 9.36. The van der Waals surface area contributed by atoms with Gasteiger partial charge in [-0.05, 0) is 43.5 Å². The number of rotatable bonds is 3. The average molecular weight is 379 g/mol. The van der Waals surface area contributed by atoms with Crippen molar-refractivity contribution in [2.75, 3.05) is 0 Å². The van der Waals surface area contributed by atoms with Gasteiger partial charge in [0.1, 0.15) is 5.82 Å². The maximum atomic E-state index is 13.6. The summed E-state index contributed by atoms with van der Waals surface area (Å²) >= 11 is 6.52. The van der Waals surface area contributed by atoms with Gasteiger partial charge in [-0.3, -0.25) is 5.84 Å². The summed E-state index contributed by atoms with van der Waals surface area (Å²) in [4.78, 5) is 0. The molecule has 0 saturated carbocycles. The van der Waals surface area contributed by atoms with Crippen LogP contribution in [0, 0.1) is 5.82 Å². The summed E-state index contributed by atoms with van der Waals surface area (Å²) in [5.41, 5.74) is 4.02. The van der Waals surface area contributed by atoms with Crippen LogP contribution in [0.2, 0.25) is 0 Å². The summed E-state index contributed by atoms with van der Waals surface area (Å²) in [6.07, 6.45) is 0. The number of nitrogens with zero attached hydrogens (tertiary/aromatic N) is 3. The van der Waals surface area contributed by atoms with E-state index in [2.05, 4.69) is 47.6 Å². The lowest BCUT2D eigenvalue weighted by Crippen LogP contribution is -2.31. The van der Waals surface area contributed by atoms with Gasteiger partial charge < -0.3 is 0 Å². The number of aromatic nitrogens is 3. The molecule has 0 spiro atoms. The Hall–Kier alpha value is -0.830. The Balaban J connectivity index is 2.56. The Labute approximate surface area is 120 Å². The van der Waals surface area contributed by atoms with Crippen LogP contribution in [-0.2, 0) is 7.05 Å². The van der Waals surface area contributed by atoms with Gasteiger partial charge in [0.2, 0.25) is 0 Å². The second-order valence-electron chi connectivity index (χ2n) is 3.63. The van der Waals surface area contributed by atoms with Crippen molar-refractivity contribution in [1.29, 1.82) is 0 Å². The summed E-state index contributed by atoms with van der Waals surface area (Å²) in [5.74, 6) is 5.22. The van der Waals surface area contributed by atoms with Crippen molar-refractivity contribution >= 4 is 31.9 Å². The Bertz CT molecular complexity index is 552. The van der Waals surface area contributed by atoms with Gasteiger partial charge in [0.15, 0.2) is 4.60 Å². The predicted molar refractivity (Wildman–Crippen MR) is 72.0 cm³/mol. The van der Waals surface area contributed by atoms with Crippen LogP contribution in [0.5, 0.6) is 0 Å². The minimum atomic E-state index is -0.426. The van der Waals surface area contributed by atoms with Crippen molar-refractivity contribution in [1.82, 2.24) is 20.4 Å². The van der Waals surface area contributed by atoms with Gasteiger partial charge in [-0.25, -0.2) is 14.5 Å². The summed E-state index contributed by atoms with van der Waals surface area (Å²) in [6, 6.07) is 4.34. The number of nitrogens with one attached hydrogen (secondary N) is 1. The fourth-order valence-electron chi connectivity index (χ4n) is 1.70. The molecule has 0 bridgehead atoms. The van der Waals surface area contributed by atoms with Gasteiger partial charge in [0.05, 0.1) is 16.2 Å². The second kappa shape index (κ2) is 5.43. The molecule has 18 heavy (non-hydrogen) atoms. The first-order valence-corrected chi connectivity index (χ1v) is 6.60. The first kappa shape index (κ1) is 13.6. The number of aryl methyl sites for hydroxylation is 1. The van der Waals surface area contributed by atoms with Crippen molar-refractivity contribution in [3.05, 3.63) is 44.3 Å². The zero-order valence-corrected chi connectivity index (χ0v) is 12.5. The van der Waals surface area contributed by atoms with Crippen molar-refractivity contribution in [2.24, 2.45) is 12.9 Å². The summed E-state index contributed by atoms with van der Waals surface area (Å²) < 4.78 is 16.1. The lowest BCUT2D eigenvalue weighted by molar-refractivity contribution is 0.558. The van der Waals surface area contributed by atoms with Crippen LogP contribution in [0.1, 0.15) is 17.3 Å². The fraction of sp³-hybridized carbons (Fsp3) is 0.200. The first-order valence-electron chi connectivity index (χ1n) is 5.01. The molecule has 1 unspecified atom stereocenters. The number of nitrogens with two attached hydrogens (primary N) is 1. The van der Waals surface area contributed by atoms with E-state index in [1.165, 1.54) is 6.07 Å². The third-order valence-electron chi connectivity index (χ3n) is 2.56. The minimum Gasteiger partial charge on any atom is -0.271 e. The van der Waals surface area contributed by atoms with E-state index in [0.717, 1.165) is 0 Å². The van der Waals surface area contributed by atoms with E-state index in [1.54, 1.807) is 23.9 Å². The molecule has 96 valence electrons. The highest BCUT2D eigenvalue weighted by Gasteiger charge is 2.23. The van der Waals surface area contributed by atoms with Gasteiger partial charge in [-0.2, -0.15) is 0 Å². The van der Waals surface area contributed by atoms with Crippen LogP contribution >= 0.6 is 31.9 Å². The van der Waals surface area contributed by atoms with Crippen molar-refractivity contribution in [3.63, 3.8) is 0 Å². The molecule has 0 aliphatic carbocycles. The molecule has 1 aromatic heterocycles. The Morgan fingerprint density at radius 1 is 1.44 bits per heavy atom. The molecule has 2 rings (SSSR count). The van der Waals surface area contributed by atoms with E-state index in [-0.39, 0.29) is 5.82 Å². The standard InChI is InChI=1S/C10H10Br2FN5/c1-18-9(10(12)16-17-18)8(15-14)5-3-2-4-6(13)7(5)11/h2-4,8,15H,14H2,1H3. The highest BCUT2D eigenvalue weighted by atomic mass is 79.9. The molecule has 1 heterocycles. The number of benzene rings is 1. The molecule has 8 heteroatoms. The van der Waals surface area contributed by atoms with E-state index >= 15 is 0 Å². The van der Waals surface area contributed by atoms with Crippen molar-refractivity contribution in [2.45, 2.75) is 6.04 Å². The summed E-state index contributed by atoms with van der Waals surface area (Å²) in [6.45, 7) is 0. The van der Waals surface area contributed by atoms with Gasteiger partial charge in [-0.15, -0.1) is 5.10 Å². The third kappa shape index (κ3) is 2.33. The molecule has 1 aromatic carbocycles. The monoisotopic (exact) mass is 377 g/mol. The molecule has 0 aliphatic rings. The summed E-state index contributed by atoms with van der Waals surface area (Å²) in [5, 5.41) is 7.77. The molecular weight excluding hydrogens is 369 g/mol. The highest BCUT2D eigenvalue weighted by molar-refractivity contribution is 9.10. The SMILES string of the molecule is Cn1nnc(Br)c1C(NN)c1cccc(F)c1Br. The maximum Gasteiger partial charge on any atom is 0.153 e. The number of hydrazine groups is 1. The zero-order chi connectivity index (χ0) is 13.3. The van der Waals surface area contributed by atoms with Crippen molar-refractivity contribution in [3.8, 4) is 0 Å². The van der Waals surface area contributed by atoms with E-state index in [1.807, 2.05) is 0 Å². The molecular formula is C10H10Br2FN5. The molecule has 1 atom stereocenters. The molecule has 0 fully saturated rings. The van der Waals surface area contributed by atoms with Crippen molar-refractivity contribution < 1.29 is 4.39 Å². The molecule has 0 amide bonds. The van der Waals surface area contributed by atoms with Crippen LogP contribution in [0.3, 0.4) is 0 Å². The summed E-state index contributed by atoms with van der Waals surface area (Å²) in [7, 11) is 1.74. The van der Waals surface area contributed by atoms with Gasteiger partial charge in [0, 0.05) is 7.05 Å². The van der Waals surface area contributed by atoms with E-state index in [4.69, 9.17) is 5.84 Å². The number of halogens is 3. The molecule has 0 aliphatic heterocycles. The average Bonchev–Trinajstić information content (AvgIpc) is 2.67. The number of hydrogen-bond donors (Lipinski definition) is 2. The quantitative estimate of drug-likeness (QED) is 0.633. The molecule has 5 nitrogen and oxygen atoms in total. The minimum absolute atomic E-state index is 0.348. The van der Waals surface area contributed by atoms with Crippen LogP contribution in [0.15, 0.2) is 27.3 Å². The lowest BCUT2D eigenvalue weighted by Gasteiger charge is -2.18. The maximum absolute atomic E-state index is 13.6. The largest absolute Gasteiger partial charge is 0.271 e. The lowest BCUT2D eigenvalue weighted by atomic mass is 10.0. The van der Waals surface area contributed by atoms with E-state index in [0.29, 0.717) is 20.3 Å². The van der Waals surface area contributed by atoms with Gasteiger partial charge >= 0.3 is 0 Å². The Kier molecular flexibility index (Phi) is 4.10. The Morgan fingerprint density at radius 3 is 2.72 bits per heavy atom. The third-order valence-corrected chi connectivity index (χ3v) is 3.96. The first-order chi connectivity index (χ1) is 8.56. The Morgan fingerprint density at radius 2 is 2.17 bits per heavy atom. The van der Waals surface area contributed by atoms with Crippen LogP contribution < -0.4 is 11.3 Å². The van der Waals surface area contributed by atoms with Crippen LogP contribution in [0.4, 0.5) is 4.39 Å². The van der Waals surface area contributed by atoms with Crippen LogP contribution in [0.25, 0.3) is 0 Å². The van der Waals surface area contributed by atoms with E-state index in [9.17, 15) is 4.39 Å². The molecule has 0 radical (unpaired) electrons. The second-order valence-corrected chi connectivity index (χ2v) is 5.18. The molecule has 2 aromatic rings. The highest BCUT2D eigenvalue weighted by Crippen LogP contribution is 2.32.